The Balaban J connectivity index is 2.04. The molecule has 0 aliphatic heterocycles. The summed E-state index contributed by atoms with van der Waals surface area (Å²) in [5.74, 6) is -0.299. The van der Waals surface area contributed by atoms with Crippen LogP contribution in [0.2, 0.25) is 0 Å². The number of anilines is 2. The molecule has 2 rings (SSSR count). The van der Waals surface area contributed by atoms with Crippen molar-refractivity contribution < 1.29 is 4.79 Å². The van der Waals surface area contributed by atoms with Crippen molar-refractivity contribution in [1.29, 1.82) is 5.26 Å². The first-order valence-electron chi connectivity index (χ1n) is 6.74. The monoisotopic (exact) mass is 280 g/mol. The summed E-state index contributed by atoms with van der Waals surface area (Å²) >= 11 is 0. The second-order valence-electron chi connectivity index (χ2n) is 4.51. The zero-order valence-electron chi connectivity index (χ0n) is 11.8. The van der Waals surface area contributed by atoms with Crippen molar-refractivity contribution in [3.63, 3.8) is 0 Å². The summed E-state index contributed by atoms with van der Waals surface area (Å²) in [4.78, 5) is 16.2. The molecule has 0 aliphatic rings. The normalized spacial score (nSPS) is 9.71. The fourth-order valence-electron chi connectivity index (χ4n) is 1.76. The quantitative estimate of drug-likeness (QED) is 0.882. The Hall–Kier alpha value is -2.87. The van der Waals surface area contributed by atoms with E-state index in [-0.39, 0.29) is 5.91 Å². The van der Waals surface area contributed by atoms with Crippen LogP contribution in [0.5, 0.6) is 0 Å². The Morgan fingerprint density at radius 2 is 2.14 bits per heavy atom. The zero-order valence-corrected chi connectivity index (χ0v) is 11.8. The van der Waals surface area contributed by atoms with Crippen molar-refractivity contribution in [3.05, 3.63) is 53.9 Å². The molecule has 1 aromatic carbocycles. The summed E-state index contributed by atoms with van der Waals surface area (Å²) in [6, 6.07) is 12.3. The third-order valence-corrected chi connectivity index (χ3v) is 2.82. The van der Waals surface area contributed by atoms with E-state index in [1.54, 1.807) is 36.5 Å². The number of amides is 1. The number of hydrogen-bond acceptors (Lipinski definition) is 4. The van der Waals surface area contributed by atoms with E-state index in [1.165, 1.54) is 0 Å². The Bertz CT molecular complexity index is 659. The Kier molecular flexibility index (Phi) is 4.89. The Morgan fingerprint density at radius 1 is 1.29 bits per heavy atom. The molecule has 1 aromatic heterocycles. The lowest BCUT2D eigenvalue weighted by Crippen LogP contribution is -2.13. The van der Waals surface area contributed by atoms with Crippen molar-refractivity contribution in [2.75, 3.05) is 17.2 Å². The van der Waals surface area contributed by atoms with E-state index in [0.29, 0.717) is 16.9 Å². The summed E-state index contributed by atoms with van der Waals surface area (Å²) in [6.07, 6.45) is 2.66. The lowest BCUT2D eigenvalue weighted by Gasteiger charge is -2.07. The molecule has 2 N–H and O–H groups in total. The van der Waals surface area contributed by atoms with Crippen LogP contribution in [0.25, 0.3) is 0 Å². The molecule has 0 saturated carbocycles. The highest BCUT2D eigenvalue weighted by Crippen LogP contribution is 2.12. The number of carbonyl (C=O) groups is 1. The molecule has 5 heteroatoms. The van der Waals surface area contributed by atoms with Crippen LogP contribution in [-0.4, -0.2) is 17.4 Å². The van der Waals surface area contributed by atoms with Gasteiger partial charge in [0, 0.05) is 12.2 Å². The van der Waals surface area contributed by atoms with Crippen molar-refractivity contribution in [2.24, 2.45) is 0 Å². The molecule has 0 atom stereocenters. The average molecular weight is 280 g/mol. The zero-order chi connectivity index (χ0) is 15.1. The van der Waals surface area contributed by atoms with Crippen molar-refractivity contribution in [2.45, 2.75) is 13.3 Å². The van der Waals surface area contributed by atoms with Gasteiger partial charge < -0.3 is 10.6 Å². The predicted molar refractivity (Wildman–Crippen MR) is 82.1 cm³/mol. The van der Waals surface area contributed by atoms with Crippen molar-refractivity contribution >= 4 is 17.3 Å². The van der Waals surface area contributed by atoms with Crippen LogP contribution in [0.15, 0.2) is 42.6 Å². The molecule has 0 spiro atoms. The molecule has 0 saturated heterocycles. The fraction of sp³-hybridized carbons (Fsp3) is 0.188. The largest absolute Gasteiger partial charge is 0.384 e. The Labute approximate surface area is 123 Å². The number of pyridine rings is 1. The minimum absolute atomic E-state index is 0.299. The number of carbonyl (C=O) groups excluding carboxylic acids is 1. The molecule has 21 heavy (non-hydrogen) atoms. The number of nitrogens with zero attached hydrogens (tertiary/aromatic N) is 2. The standard InChI is InChI=1S/C16H16N4O/c1-2-8-18-14-6-7-15(19-11-14)16(21)20-13-5-3-4-12(9-13)10-17/h3-7,9,11,18H,2,8H2,1H3,(H,20,21). The molecule has 0 unspecified atom stereocenters. The van der Waals surface area contributed by atoms with Crippen LogP contribution in [0, 0.1) is 11.3 Å². The summed E-state index contributed by atoms with van der Waals surface area (Å²) < 4.78 is 0. The summed E-state index contributed by atoms with van der Waals surface area (Å²) in [7, 11) is 0. The maximum absolute atomic E-state index is 12.1. The van der Waals surface area contributed by atoms with Gasteiger partial charge in [-0.3, -0.25) is 4.79 Å². The molecule has 106 valence electrons. The lowest BCUT2D eigenvalue weighted by atomic mass is 10.2. The average Bonchev–Trinajstić information content (AvgIpc) is 2.53. The number of aromatic nitrogens is 1. The highest BCUT2D eigenvalue weighted by atomic mass is 16.1. The van der Waals surface area contributed by atoms with Gasteiger partial charge in [-0.1, -0.05) is 13.0 Å². The molecular formula is C16H16N4O. The molecule has 0 fully saturated rings. The maximum atomic E-state index is 12.1. The van der Waals surface area contributed by atoms with Crippen LogP contribution in [0.3, 0.4) is 0 Å². The van der Waals surface area contributed by atoms with E-state index < -0.39 is 0 Å². The van der Waals surface area contributed by atoms with Crippen LogP contribution >= 0.6 is 0 Å². The van der Waals surface area contributed by atoms with Gasteiger partial charge in [-0.05, 0) is 36.8 Å². The maximum Gasteiger partial charge on any atom is 0.274 e. The number of rotatable bonds is 5. The SMILES string of the molecule is CCCNc1ccc(C(=O)Nc2cccc(C#N)c2)nc1. The second-order valence-corrected chi connectivity index (χ2v) is 4.51. The second kappa shape index (κ2) is 7.06. The van der Waals surface area contributed by atoms with Crippen molar-refractivity contribution in [3.8, 4) is 6.07 Å². The molecule has 5 nitrogen and oxygen atoms in total. The van der Waals surface area contributed by atoms with Crippen LogP contribution < -0.4 is 10.6 Å². The van der Waals surface area contributed by atoms with Gasteiger partial charge in [0.05, 0.1) is 23.5 Å². The fourth-order valence-corrected chi connectivity index (χ4v) is 1.76. The van der Waals surface area contributed by atoms with E-state index in [0.717, 1.165) is 18.7 Å². The molecule has 0 bridgehead atoms. The number of benzene rings is 1. The van der Waals surface area contributed by atoms with Crippen LogP contribution in [-0.2, 0) is 0 Å². The Morgan fingerprint density at radius 3 is 2.81 bits per heavy atom. The van der Waals surface area contributed by atoms with E-state index in [9.17, 15) is 4.79 Å². The molecule has 0 aliphatic carbocycles. The van der Waals surface area contributed by atoms with E-state index in [4.69, 9.17) is 5.26 Å². The first-order valence-corrected chi connectivity index (χ1v) is 6.74. The van der Waals surface area contributed by atoms with Gasteiger partial charge in [-0.15, -0.1) is 0 Å². The van der Waals surface area contributed by atoms with E-state index in [1.807, 2.05) is 12.1 Å². The van der Waals surface area contributed by atoms with Gasteiger partial charge in [0.1, 0.15) is 5.69 Å². The lowest BCUT2D eigenvalue weighted by molar-refractivity contribution is 0.102. The number of nitrogens with one attached hydrogen (secondary N) is 2. The molecule has 2 aromatic rings. The van der Waals surface area contributed by atoms with Gasteiger partial charge in [0.25, 0.3) is 5.91 Å². The third kappa shape index (κ3) is 4.05. The van der Waals surface area contributed by atoms with Crippen LogP contribution in [0.1, 0.15) is 29.4 Å². The van der Waals surface area contributed by atoms with Gasteiger partial charge in [-0.25, -0.2) is 4.98 Å². The molecule has 0 radical (unpaired) electrons. The molecule has 1 heterocycles. The first kappa shape index (κ1) is 14.5. The van der Waals surface area contributed by atoms with Crippen molar-refractivity contribution in [1.82, 2.24) is 4.98 Å². The molecular weight excluding hydrogens is 264 g/mol. The summed E-state index contributed by atoms with van der Waals surface area (Å²) in [6.45, 7) is 2.95. The van der Waals surface area contributed by atoms with E-state index in [2.05, 4.69) is 22.5 Å². The highest BCUT2D eigenvalue weighted by Gasteiger charge is 2.07. The molecule has 1 amide bonds. The topological polar surface area (TPSA) is 77.8 Å². The summed E-state index contributed by atoms with van der Waals surface area (Å²) in [5, 5.41) is 14.8. The van der Waals surface area contributed by atoms with Crippen LogP contribution in [0.4, 0.5) is 11.4 Å². The number of nitriles is 1. The van der Waals surface area contributed by atoms with Gasteiger partial charge in [-0.2, -0.15) is 5.26 Å². The summed E-state index contributed by atoms with van der Waals surface area (Å²) in [5.41, 5.74) is 2.30. The van der Waals surface area contributed by atoms with Gasteiger partial charge in [0.2, 0.25) is 0 Å². The number of hydrogen-bond donors (Lipinski definition) is 2. The van der Waals surface area contributed by atoms with E-state index >= 15 is 0 Å². The minimum Gasteiger partial charge on any atom is -0.384 e. The first-order chi connectivity index (χ1) is 10.2. The smallest absolute Gasteiger partial charge is 0.274 e. The van der Waals surface area contributed by atoms with Gasteiger partial charge in [0.15, 0.2) is 0 Å². The van der Waals surface area contributed by atoms with Gasteiger partial charge >= 0.3 is 0 Å². The minimum atomic E-state index is -0.299. The highest BCUT2D eigenvalue weighted by molar-refractivity contribution is 6.03. The third-order valence-electron chi connectivity index (χ3n) is 2.82. The predicted octanol–water partition coefficient (Wildman–Crippen LogP) is 3.03.